The zero-order valence-corrected chi connectivity index (χ0v) is 18.0. The fourth-order valence-electron chi connectivity index (χ4n) is 2.86. The summed E-state index contributed by atoms with van der Waals surface area (Å²) in [5.74, 6) is 0.323. The van der Waals surface area contributed by atoms with E-state index in [1.807, 2.05) is 12.1 Å². The number of sulfonamides is 1. The molecule has 0 spiro atoms. The molecule has 3 aromatic carbocycles. The Labute approximate surface area is 179 Å². The lowest BCUT2D eigenvalue weighted by molar-refractivity contribution is -0.0429. The highest BCUT2D eigenvalue weighted by Gasteiger charge is 2.46. The summed E-state index contributed by atoms with van der Waals surface area (Å²) in [6, 6.07) is 20.4. The molecular formula is C23H22F3NO3S. The molecule has 0 heterocycles. The smallest absolute Gasteiger partial charge is 0.455 e. The Morgan fingerprint density at radius 3 is 1.97 bits per heavy atom. The predicted octanol–water partition coefficient (Wildman–Crippen LogP) is 6.70. The maximum atomic E-state index is 13.0. The summed E-state index contributed by atoms with van der Waals surface area (Å²) < 4.78 is 69.7. The lowest BCUT2D eigenvalue weighted by atomic mass is 9.87. The zero-order chi connectivity index (χ0) is 22.9. The second-order valence-corrected chi connectivity index (χ2v) is 9.68. The third-order valence-electron chi connectivity index (χ3n) is 4.58. The Morgan fingerprint density at radius 1 is 0.806 bits per heavy atom. The van der Waals surface area contributed by atoms with E-state index in [0.717, 1.165) is 11.1 Å². The standard InChI is InChI=1S/C23H22F3NO3S/c1-22(2,3)18-10-12-19(13-11-18)30-21-14-9-17(16-7-5-4-6-8-16)15-20(21)27-31(28,29)23(24,25)26/h4-15,27H,1-3H3. The van der Waals surface area contributed by atoms with Crippen LogP contribution in [-0.2, 0) is 15.4 Å². The molecule has 0 fully saturated rings. The number of hydrogen-bond donors (Lipinski definition) is 1. The molecular weight excluding hydrogens is 427 g/mol. The van der Waals surface area contributed by atoms with Crippen LogP contribution in [0.25, 0.3) is 11.1 Å². The van der Waals surface area contributed by atoms with Crippen molar-refractivity contribution in [3.8, 4) is 22.6 Å². The van der Waals surface area contributed by atoms with Crippen LogP contribution in [0.3, 0.4) is 0 Å². The molecule has 0 atom stereocenters. The first-order chi connectivity index (χ1) is 14.4. The van der Waals surface area contributed by atoms with Gasteiger partial charge in [0.25, 0.3) is 0 Å². The molecule has 0 aliphatic carbocycles. The van der Waals surface area contributed by atoms with Gasteiger partial charge in [0.05, 0.1) is 5.69 Å². The summed E-state index contributed by atoms with van der Waals surface area (Å²) in [7, 11) is -5.62. The number of hydrogen-bond acceptors (Lipinski definition) is 3. The van der Waals surface area contributed by atoms with E-state index in [9.17, 15) is 21.6 Å². The summed E-state index contributed by atoms with van der Waals surface area (Å²) in [4.78, 5) is 0. The van der Waals surface area contributed by atoms with Gasteiger partial charge in [-0.15, -0.1) is 0 Å². The van der Waals surface area contributed by atoms with Gasteiger partial charge < -0.3 is 4.74 Å². The number of alkyl halides is 3. The van der Waals surface area contributed by atoms with Crippen molar-refractivity contribution in [3.63, 3.8) is 0 Å². The van der Waals surface area contributed by atoms with Gasteiger partial charge in [0.15, 0.2) is 5.75 Å². The van der Waals surface area contributed by atoms with Gasteiger partial charge in [-0.05, 0) is 46.4 Å². The lowest BCUT2D eigenvalue weighted by Crippen LogP contribution is -2.30. The molecule has 1 N–H and O–H groups in total. The lowest BCUT2D eigenvalue weighted by Gasteiger charge is -2.20. The number of ether oxygens (including phenoxy) is 1. The van der Waals surface area contributed by atoms with Gasteiger partial charge in [0, 0.05) is 0 Å². The second-order valence-electron chi connectivity index (χ2n) is 8.00. The Balaban J connectivity index is 2.00. The molecule has 3 rings (SSSR count). The molecule has 0 aromatic heterocycles. The van der Waals surface area contributed by atoms with Crippen molar-refractivity contribution in [1.82, 2.24) is 0 Å². The van der Waals surface area contributed by atoms with Crippen LogP contribution in [0.2, 0.25) is 0 Å². The Hall–Kier alpha value is -3.00. The maximum absolute atomic E-state index is 13.0. The van der Waals surface area contributed by atoms with Crippen LogP contribution in [0.5, 0.6) is 11.5 Å². The minimum atomic E-state index is -5.62. The number of benzene rings is 3. The molecule has 3 aromatic rings. The summed E-state index contributed by atoms with van der Waals surface area (Å²) in [5.41, 5.74) is -3.53. The van der Waals surface area contributed by atoms with Gasteiger partial charge in [-0.25, -0.2) is 0 Å². The highest BCUT2D eigenvalue weighted by atomic mass is 32.2. The van der Waals surface area contributed by atoms with Crippen LogP contribution in [-0.4, -0.2) is 13.9 Å². The van der Waals surface area contributed by atoms with E-state index in [4.69, 9.17) is 4.74 Å². The van der Waals surface area contributed by atoms with Crippen LogP contribution < -0.4 is 9.46 Å². The summed E-state index contributed by atoms with van der Waals surface area (Å²) in [6.07, 6.45) is 0. The van der Waals surface area contributed by atoms with Crippen molar-refractivity contribution in [2.75, 3.05) is 4.72 Å². The first kappa shape index (κ1) is 22.7. The molecule has 0 aliphatic heterocycles. The fraction of sp³-hybridized carbons (Fsp3) is 0.217. The van der Waals surface area contributed by atoms with E-state index in [1.165, 1.54) is 12.1 Å². The van der Waals surface area contributed by atoms with E-state index < -0.39 is 15.5 Å². The van der Waals surface area contributed by atoms with Gasteiger partial charge >= 0.3 is 15.5 Å². The first-order valence-corrected chi connectivity index (χ1v) is 10.9. The van der Waals surface area contributed by atoms with E-state index in [0.29, 0.717) is 11.3 Å². The molecule has 0 unspecified atom stereocenters. The molecule has 0 saturated heterocycles. The summed E-state index contributed by atoms with van der Waals surface area (Å²) >= 11 is 0. The van der Waals surface area contributed by atoms with Crippen molar-refractivity contribution < 1.29 is 26.3 Å². The van der Waals surface area contributed by atoms with Crippen molar-refractivity contribution in [2.45, 2.75) is 31.7 Å². The molecule has 0 radical (unpaired) electrons. The Morgan fingerprint density at radius 2 is 1.42 bits per heavy atom. The Bertz CT molecular complexity index is 1150. The topological polar surface area (TPSA) is 55.4 Å². The van der Waals surface area contributed by atoms with Crippen LogP contribution in [0.4, 0.5) is 18.9 Å². The third kappa shape index (κ3) is 5.38. The average molecular weight is 449 g/mol. The summed E-state index contributed by atoms with van der Waals surface area (Å²) in [5, 5.41) is 0. The van der Waals surface area contributed by atoms with Gasteiger partial charge in [0.2, 0.25) is 0 Å². The van der Waals surface area contributed by atoms with E-state index in [2.05, 4.69) is 20.8 Å². The molecule has 31 heavy (non-hydrogen) atoms. The maximum Gasteiger partial charge on any atom is 0.516 e. The first-order valence-electron chi connectivity index (χ1n) is 9.44. The van der Waals surface area contributed by atoms with Gasteiger partial charge in [-0.3, -0.25) is 4.72 Å². The van der Waals surface area contributed by atoms with Crippen molar-refractivity contribution in [2.24, 2.45) is 0 Å². The number of halogens is 3. The number of rotatable bonds is 5. The SMILES string of the molecule is CC(C)(C)c1ccc(Oc2ccc(-c3ccccc3)cc2NS(=O)(=O)C(F)(F)F)cc1. The minimum absolute atomic E-state index is 0.0454. The number of nitrogens with one attached hydrogen (secondary N) is 1. The highest BCUT2D eigenvalue weighted by Crippen LogP contribution is 2.37. The van der Waals surface area contributed by atoms with Gasteiger partial charge in [-0.1, -0.05) is 69.3 Å². The van der Waals surface area contributed by atoms with Crippen molar-refractivity contribution in [3.05, 3.63) is 78.4 Å². The number of anilines is 1. The molecule has 4 nitrogen and oxygen atoms in total. The fourth-order valence-corrected chi connectivity index (χ4v) is 3.43. The normalized spacial score (nSPS) is 12.5. The predicted molar refractivity (Wildman–Crippen MR) is 116 cm³/mol. The van der Waals surface area contributed by atoms with Crippen LogP contribution in [0.15, 0.2) is 72.8 Å². The molecule has 0 aliphatic rings. The molecule has 0 bridgehead atoms. The summed E-state index contributed by atoms with van der Waals surface area (Å²) in [6.45, 7) is 6.15. The van der Waals surface area contributed by atoms with E-state index in [-0.39, 0.29) is 16.9 Å². The van der Waals surface area contributed by atoms with Crippen molar-refractivity contribution in [1.29, 1.82) is 0 Å². The Kier molecular flexibility index (Phi) is 6.04. The third-order valence-corrected chi connectivity index (χ3v) is 5.68. The van der Waals surface area contributed by atoms with Gasteiger partial charge in [-0.2, -0.15) is 21.6 Å². The highest BCUT2D eigenvalue weighted by molar-refractivity contribution is 7.93. The molecule has 0 amide bonds. The zero-order valence-electron chi connectivity index (χ0n) is 17.2. The van der Waals surface area contributed by atoms with E-state index in [1.54, 1.807) is 53.3 Å². The van der Waals surface area contributed by atoms with Crippen LogP contribution in [0.1, 0.15) is 26.3 Å². The quantitative estimate of drug-likeness (QED) is 0.471. The molecule has 164 valence electrons. The second kappa shape index (κ2) is 8.26. The van der Waals surface area contributed by atoms with Gasteiger partial charge in [0.1, 0.15) is 5.75 Å². The monoisotopic (exact) mass is 449 g/mol. The van der Waals surface area contributed by atoms with Crippen molar-refractivity contribution >= 4 is 15.7 Å². The van der Waals surface area contributed by atoms with Crippen LogP contribution in [0, 0.1) is 0 Å². The molecule has 8 heteroatoms. The largest absolute Gasteiger partial charge is 0.516 e. The van der Waals surface area contributed by atoms with Crippen LogP contribution >= 0.6 is 0 Å². The average Bonchev–Trinajstić information content (AvgIpc) is 2.68. The minimum Gasteiger partial charge on any atom is -0.455 e. The molecule has 0 saturated carbocycles. The van der Waals surface area contributed by atoms with E-state index >= 15 is 0 Å².